The molecule has 0 aliphatic rings. The number of carbonyl (C=O) groups excluding carboxylic acids is 1. The van der Waals surface area contributed by atoms with E-state index in [0.717, 1.165) is 11.3 Å². The van der Waals surface area contributed by atoms with Crippen molar-refractivity contribution in [2.45, 2.75) is 0 Å². The maximum Gasteiger partial charge on any atom is 0.273 e. The number of nitrogens with one attached hydrogen (secondary N) is 1. The van der Waals surface area contributed by atoms with Gasteiger partial charge >= 0.3 is 0 Å². The Kier molecular flexibility index (Phi) is 5.66. The summed E-state index contributed by atoms with van der Waals surface area (Å²) in [6.07, 6.45) is 1.50. The third-order valence-corrected chi connectivity index (χ3v) is 5.09. The van der Waals surface area contributed by atoms with E-state index >= 15 is 0 Å². The molecule has 2 aromatic carbocycles. The van der Waals surface area contributed by atoms with Gasteiger partial charge in [-0.05, 0) is 23.8 Å². The SMILES string of the molecule is CNC(=O)/C(C#N)=c1\s/c(=C/c2cccc([N+](=O)[O-])c2)c(=O)n1-c1ccccc1. The average Bonchev–Trinajstić information content (AvgIpc) is 3.05. The van der Waals surface area contributed by atoms with Crippen molar-refractivity contribution in [1.82, 2.24) is 9.88 Å². The Bertz CT molecular complexity index is 1320. The molecule has 3 rings (SSSR count). The summed E-state index contributed by atoms with van der Waals surface area (Å²) >= 11 is 0.971. The minimum absolute atomic E-state index is 0.103. The first kappa shape index (κ1) is 19.7. The summed E-state index contributed by atoms with van der Waals surface area (Å²) in [6, 6.07) is 16.3. The van der Waals surface area contributed by atoms with E-state index in [4.69, 9.17) is 0 Å². The first-order valence-corrected chi connectivity index (χ1v) is 9.18. The Morgan fingerprint density at radius 3 is 2.59 bits per heavy atom. The maximum atomic E-state index is 13.1. The number of para-hydroxylation sites is 1. The van der Waals surface area contributed by atoms with Gasteiger partial charge in [0.05, 0.1) is 15.1 Å². The second kappa shape index (κ2) is 8.33. The fourth-order valence-electron chi connectivity index (χ4n) is 2.66. The number of aromatic nitrogens is 1. The standard InChI is InChI=1S/C20H14N4O4S/c1-22-18(25)16(12-21)20-23(14-7-3-2-4-8-14)19(26)17(29-20)11-13-6-5-9-15(10-13)24(27)28/h2-11H,1H3,(H,22,25)/b17-11+,20-16-. The molecule has 0 bridgehead atoms. The summed E-state index contributed by atoms with van der Waals surface area (Å²) in [4.78, 5) is 35.7. The van der Waals surface area contributed by atoms with Crippen LogP contribution in [0.3, 0.4) is 0 Å². The molecule has 0 atom stereocenters. The summed E-state index contributed by atoms with van der Waals surface area (Å²) in [5.41, 5.74) is 0.229. The Hall–Kier alpha value is -4.03. The van der Waals surface area contributed by atoms with Crippen LogP contribution < -0.4 is 20.1 Å². The normalized spacial score (nSPS) is 12.2. The van der Waals surface area contributed by atoms with Gasteiger partial charge in [0, 0.05) is 19.2 Å². The second-order valence-corrected chi connectivity index (χ2v) is 6.84. The molecule has 1 N–H and O–H groups in total. The number of hydrogen-bond acceptors (Lipinski definition) is 6. The summed E-state index contributed by atoms with van der Waals surface area (Å²) in [5, 5.41) is 22.9. The summed E-state index contributed by atoms with van der Waals surface area (Å²) in [5.74, 6) is -0.611. The van der Waals surface area contributed by atoms with Crippen molar-refractivity contribution < 1.29 is 9.72 Å². The molecule has 144 valence electrons. The fraction of sp³-hybridized carbons (Fsp3) is 0.0500. The highest BCUT2D eigenvalue weighted by molar-refractivity contribution is 7.07. The predicted octanol–water partition coefficient (Wildman–Crippen LogP) is 1.06. The Morgan fingerprint density at radius 1 is 1.24 bits per heavy atom. The van der Waals surface area contributed by atoms with Crippen molar-refractivity contribution in [3.63, 3.8) is 0 Å². The number of nitro benzene ring substituents is 1. The molecule has 8 nitrogen and oxygen atoms in total. The largest absolute Gasteiger partial charge is 0.354 e. The number of thiazole rings is 1. The molecule has 0 radical (unpaired) electrons. The van der Waals surface area contributed by atoms with Gasteiger partial charge < -0.3 is 5.32 Å². The number of amides is 1. The van der Waals surface area contributed by atoms with Crippen molar-refractivity contribution in [3.8, 4) is 11.8 Å². The quantitative estimate of drug-likeness (QED) is 0.513. The van der Waals surface area contributed by atoms with Crippen LogP contribution in [0.25, 0.3) is 17.3 Å². The summed E-state index contributed by atoms with van der Waals surface area (Å²) in [6.45, 7) is 0. The van der Waals surface area contributed by atoms with E-state index in [1.54, 1.807) is 36.4 Å². The van der Waals surface area contributed by atoms with E-state index in [-0.39, 0.29) is 20.5 Å². The topological polar surface area (TPSA) is 118 Å². The van der Waals surface area contributed by atoms with Crippen molar-refractivity contribution in [1.29, 1.82) is 5.26 Å². The van der Waals surface area contributed by atoms with Crippen molar-refractivity contribution >= 4 is 34.6 Å². The van der Waals surface area contributed by atoms with Crippen molar-refractivity contribution in [2.24, 2.45) is 0 Å². The summed E-state index contributed by atoms with van der Waals surface area (Å²) in [7, 11) is 1.40. The molecule has 0 spiro atoms. The monoisotopic (exact) mass is 406 g/mol. The zero-order chi connectivity index (χ0) is 21.0. The minimum Gasteiger partial charge on any atom is -0.354 e. The van der Waals surface area contributed by atoms with Crippen LogP contribution in [0.1, 0.15) is 5.56 Å². The lowest BCUT2D eigenvalue weighted by atomic mass is 10.2. The van der Waals surface area contributed by atoms with Gasteiger partial charge in [-0.15, -0.1) is 11.3 Å². The molecular formula is C20H14N4O4S. The molecule has 29 heavy (non-hydrogen) atoms. The van der Waals surface area contributed by atoms with Crippen LogP contribution in [-0.2, 0) is 4.79 Å². The second-order valence-electron chi connectivity index (χ2n) is 5.81. The highest BCUT2D eigenvalue weighted by atomic mass is 32.1. The van der Waals surface area contributed by atoms with Gasteiger partial charge in [0.1, 0.15) is 10.7 Å². The summed E-state index contributed by atoms with van der Waals surface area (Å²) < 4.78 is 1.71. The van der Waals surface area contributed by atoms with Crippen molar-refractivity contribution in [2.75, 3.05) is 7.05 Å². The number of nitro groups is 1. The third kappa shape index (κ3) is 3.97. The zero-order valence-electron chi connectivity index (χ0n) is 15.2. The van der Waals surface area contributed by atoms with Gasteiger partial charge in [0.15, 0.2) is 5.57 Å². The molecule has 0 saturated carbocycles. The number of rotatable bonds is 4. The lowest BCUT2D eigenvalue weighted by Crippen LogP contribution is -2.33. The van der Waals surface area contributed by atoms with Crippen LogP contribution in [0.15, 0.2) is 59.4 Å². The third-order valence-electron chi connectivity index (χ3n) is 4.00. The van der Waals surface area contributed by atoms with Gasteiger partial charge in [-0.25, -0.2) is 0 Å². The van der Waals surface area contributed by atoms with Gasteiger partial charge in [0.25, 0.3) is 17.2 Å². The number of benzene rings is 2. The number of carbonyl (C=O) groups is 1. The fourth-order valence-corrected chi connectivity index (χ4v) is 3.76. The Labute approximate surface area is 168 Å². The number of nitriles is 1. The van der Waals surface area contributed by atoms with Crippen LogP contribution in [0.4, 0.5) is 5.69 Å². The van der Waals surface area contributed by atoms with Crippen LogP contribution in [0.2, 0.25) is 0 Å². The molecule has 0 aliphatic heterocycles. The highest BCUT2D eigenvalue weighted by Crippen LogP contribution is 2.13. The van der Waals surface area contributed by atoms with Crippen LogP contribution >= 0.6 is 11.3 Å². The Balaban J connectivity index is 2.38. The number of nitrogens with zero attached hydrogens (tertiary/aromatic N) is 3. The molecule has 3 aromatic rings. The molecule has 1 heterocycles. The molecule has 0 aliphatic carbocycles. The average molecular weight is 406 g/mol. The minimum atomic E-state index is -0.611. The molecule has 0 fully saturated rings. The predicted molar refractivity (Wildman–Crippen MR) is 109 cm³/mol. The van der Waals surface area contributed by atoms with Crippen LogP contribution in [0.5, 0.6) is 0 Å². The zero-order valence-corrected chi connectivity index (χ0v) is 16.0. The van der Waals surface area contributed by atoms with Gasteiger partial charge in [-0.3, -0.25) is 24.3 Å². The van der Waals surface area contributed by atoms with E-state index in [1.165, 1.54) is 35.9 Å². The first-order chi connectivity index (χ1) is 14.0. The highest BCUT2D eigenvalue weighted by Gasteiger charge is 2.16. The van der Waals surface area contributed by atoms with Gasteiger partial charge in [-0.2, -0.15) is 5.26 Å². The van der Waals surface area contributed by atoms with Gasteiger partial charge in [0.2, 0.25) is 0 Å². The first-order valence-electron chi connectivity index (χ1n) is 8.36. The van der Waals surface area contributed by atoms with Crippen LogP contribution in [0, 0.1) is 21.4 Å². The molecule has 1 amide bonds. The number of hydrogen-bond donors (Lipinski definition) is 1. The molecule has 1 aromatic heterocycles. The van der Waals surface area contributed by atoms with E-state index in [1.807, 2.05) is 6.07 Å². The lowest BCUT2D eigenvalue weighted by molar-refractivity contribution is -0.384. The van der Waals surface area contributed by atoms with E-state index < -0.39 is 16.4 Å². The Morgan fingerprint density at radius 2 is 1.97 bits per heavy atom. The van der Waals surface area contributed by atoms with Gasteiger partial charge in [-0.1, -0.05) is 30.3 Å². The van der Waals surface area contributed by atoms with Crippen LogP contribution in [-0.4, -0.2) is 22.4 Å². The maximum absolute atomic E-state index is 13.1. The lowest BCUT2D eigenvalue weighted by Gasteiger charge is -2.02. The smallest absolute Gasteiger partial charge is 0.273 e. The number of non-ortho nitro benzene ring substituents is 1. The van der Waals surface area contributed by atoms with Crippen molar-refractivity contribution in [3.05, 3.63) is 89.8 Å². The van der Waals surface area contributed by atoms with E-state index in [2.05, 4.69) is 5.32 Å². The van der Waals surface area contributed by atoms with E-state index in [0.29, 0.717) is 11.3 Å². The molecule has 0 unspecified atom stereocenters. The molecular weight excluding hydrogens is 392 g/mol. The molecule has 0 saturated heterocycles. The molecule has 9 heteroatoms. The van der Waals surface area contributed by atoms with E-state index in [9.17, 15) is 25.0 Å².